The maximum absolute atomic E-state index is 5.78. The molecule has 0 amide bonds. The Labute approximate surface area is 104 Å². The van der Waals surface area contributed by atoms with E-state index in [1.807, 2.05) is 0 Å². The first-order valence-corrected chi connectivity index (χ1v) is 6.90. The second-order valence-electron chi connectivity index (χ2n) is 4.76. The Morgan fingerprint density at radius 1 is 1.24 bits per heavy atom. The first kappa shape index (κ1) is 12.3. The number of unbranched alkanes of at least 4 members (excludes halogenated alkanes) is 3. The topological polar surface area (TPSA) is 21.3 Å². The van der Waals surface area contributed by atoms with Crippen molar-refractivity contribution in [2.24, 2.45) is 0 Å². The maximum Gasteiger partial charge on any atom is 0.121 e. The minimum Gasteiger partial charge on any atom is -0.494 e. The lowest BCUT2D eigenvalue weighted by Gasteiger charge is -2.18. The molecule has 0 saturated heterocycles. The van der Waals surface area contributed by atoms with Crippen molar-refractivity contribution in [3.8, 4) is 5.75 Å². The minimum atomic E-state index is 0.846. The lowest BCUT2D eigenvalue weighted by molar-refractivity contribution is 0.305. The Hall–Kier alpha value is -1.18. The Morgan fingerprint density at radius 3 is 3.06 bits per heavy atom. The highest BCUT2D eigenvalue weighted by Gasteiger charge is 2.08. The Morgan fingerprint density at radius 2 is 2.18 bits per heavy atom. The average molecular weight is 233 g/mol. The molecule has 94 valence electrons. The lowest BCUT2D eigenvalue weighted by Crippen LogP contribution is -2.11. The molecule has 1 N–H and O–H groups in total. The monoisotopic (exact) mass is 233 g/mol. The molecule has 1 aliphatic heterocycles. The van der Waals surface area contributed by atoms with Gasteiger partial charge in [-0.3, -0.25) is 0 Å². The largest absolute Gasteiger partial charge is 0.494 e. The molecule has 1 aromatic rings. The summed E-state index contributed by atoms with van der Waals surface area (Å²) in [6, 6.07) is 6.45. The molecule has 0 atom stereocenters. The van der Waals surface area contributed by atoms with Crippen LogP contribution in [0.5, 0.6) is 5.75 Å². The van der Waals surface area contributed by atoms with Crippen LogP contribution in [0.3, 0.4) is 0 Å². The van der Waals surface area contributed by atoms with Crippen molar-refractivity contribution in [2.75, 3.05) is 18.5 Å². The van der Waals surface area contributed by atoms with Gasteiger partial charge in [0.15, 0.2) is 0 Å². The zero-order valence-corrected chi connectivity index (χ0v) is 10.8. The molecule has 2 rings (SSSR count). The van der Waals surface area contributed by atoms with E-state index in [9.17, 15) is 0 Å². The quantitative estimate of drug-likeness (QED) is 0.750. The van der Waals surface area contributed by atoms with Crippen LogP contribution in [0.1, 0.15) is 44.6 Å². The number of ether oxygens (including phenoxy) is 1. The molecule has 0 unspecified atom stereocenters. The van der Waals surface area contributed by atoms with Crippen LogP contribution in [-0.4, -0.2) is 13.2 Å². The predicted molar refractivity (Wildman–Crippen MR) is 72.9 cm³/mol. The number of anilines is 1. The molecule has 0 bridgehead atoms. The van der Waals surface area contributed by atoms with Gasteiger partial charge in [-0.1, -0.05) is 32.3 Å². The second-order valence-corrected chi connectivity index (χ2v) is 4.76. The molecule has 2 heteroatoms. The van der Waals surface area contributed by atoms with Gasteiger partial charge in [-0.2, -0.15) is 0 Å². The highest BCUT2D eigenvalue weighted by Crippen LogP contribution is 2.26. The zero-order valence-electron chi connectivity index (χ0n) is 10.8. The van der Waals surface area contributed by atoms with Crippen LogP contribution in [-0.2, 0) is 6.42 Å². The van der Waals surface area contributed by atoms with E-state index in [1.54, 1.807) is 0 Å². The molecule has 17 heavy (non-hydrogen) atoms. The van der Waals surface area contributed by atoms with Crippen LogP contribution < -0.4 is 10.1 Å². The van der Waals surface area contributed by atoms with Gasteiger partial charge in [0.25, 0.3) is 0 Å². The maximum atomic E-state index is 5.78. The summed E-state index contributed by atoms with van der Waals surface area (Å²) in [5, 5.41) is 3.43. The third-order valence-electron chi connectivity index (χ3n) is 3.29. The Kier molecular flexibility index (Phi) is 4.72. The van der Waals surface area contributed by atoms with E-state index in [-0.39, 0.29) is 0 Å². The third-order valence-corrected chi connectivity index (χ3v) is 3.29. The Balaban J connectivity index is 1.81. The molecule has 0 radical (unpaired) electrons. The van der Waals surface area contributed by atoms with E-state index >= 15 is 0 Å². The van der Waals surface area contributed by atoms with Crippen LogP contribution in [0.2, 0.25) is 0 Å². The molecule has 1 aromatic carbocycles. The number of aryl methyl sites for hydroxylation is 1. The number of hydrogen-bond acceptors (Lipinski definition) is 2. The highest BCUT2D eigenvalue weighted by atomic mass is 16.5. The molecular weight excluding hydrogens is 210 g/mol. The first-order valence-electron chi connectivity index (χ1n) is 6.90. The summed E-state index contributed by atoms with van der Waals surface area (Å²) in [7, 11) is 0. The van der Waals surface area contributed by atoms with Crippen molar-refractivity contribution < 1.29 is 4.74 Å². The fraction of sp³-hybridized carbons (Fsp3) is 0.600. The second kappa shape index (κ2) is 6.53. The Bertz CT molecular complexity index is 349. The third kappa shape index (κ3) is 3.65. The van der Waals surface area contributed by atoms with Gasteiger partial charge in [-0.15, -0.1) is 0 Å². The molecular formula is C15H23NO. The lowest BCUT2D eigenvalue weighted by atomic mass is 10.0. The van der Waals surface area contributed by atoms with Crippen molar-refractivity contribution in [1.82, 2.24) is 0 Å². The summed E-state index contributed by atoms with van der Waals surface area (Å²) in [5.41, 5.74) is 2.69. The summed E-state index contributed by atoms with van der Waals surface area (Å²) < 4.78 is 5.78. The predicted octanol–water partition coefficient (Wildman–Crippen LogP) is 4.00. The molecule has 0 fully saturated rings. The highest BCUT2D eigenvalue weighted by molar-refractivity contribution is 5.56. The molecule has 0 saturated carbocycles. The van der Waals surface area contributed by atoms with Gasteiger partial charge in [0, 0.05) is 18.3 Å². The summed E-state index contributed by atoms with van der Waals surface area (Å²) in [4.78, 5) is 0. The number of fused-ring (bicyclic) bond motifs is 1. The SMILES string of the molecule is CCCCCCOc1ccc2c(c1)NCCC2. The van der Waals surface area contributed by atoms with Crippen molar-refractivity contribution in [3.05, 3.63) is 23.8 Å². The van der Waals surface area contributed by atoms with Crippen molar-refractivity contribution in [1.29, 1.82) is 0 Å². The van der Waals surface area contributed by atoms with Crippen LogP contribution in [0.4, 0.5) is 5.69 Å². The molecule has 0 aliphatic carbocycles. The normalized spacial score (nSPS) is 13.9. The summed E-state index contributed by atoms with van der Waals surface area (Å²) in [6.45, 7) is 4.17. The smallest absolute Gasteiger partial charge is 0.121 e. The number of rotatable bonds is 6. The van der Waals surface area contributed by atoms with Crippen LogP contribution in [0.15, 0.2) is 18.2 Å². The van der Waals surface area contributed by atoms with E-state index in [0.29, 0.717) is 0 Å². The van der Waals surface area contributed by atoms with Gasteiger partial charge < -0.3 is 10.1 Å². The van der Waals surface area contributed by atoms with Crippen molar-refractivity contribution >= 4 is 5.69 Å². The standard InChI is InChI=1S/C15H23NO/c1-2-3-4-5-11-17-14-9-8-13-7-6-10-16-15(13)12-14/h8-9,12,16H,2-7,10-11H2,1H3. The van der Waals surface area contributed by atoms with Gasteiger partial charge in [-0.25, -0.2) is 0 Å². The van der Waals surface area contributed by atoms with Gasteiger partial charge in [0.1, 0.15) is 5.75 Å². The first-order chi connectivity index (χ1) is 8.40. The van der Waals surface area contributed by atoms with Crippen LogP contribution >= 0.6 is 0 Å². The van der Waals surface area contributed by atoms with Crippen LogP contribution in [0, 0.1) is 0 Å². The van der Waals surface area contributed by atoms with Crippen molar-refractivity contribution in [3.63, 3.8) is 0 Å². The molecule has 0 spiro atoms. The van der Waals surface area contributed by atoms with Gasteiger partial charge >= 0.3 is 0 Å². The van der Waals surface area contributed by atoms with Gasteiger partial charge in [-0.05, 0) is 30.9 Å². The number of hydrogen-bond donors (Lipinski definition) is 1. The van der Waals surface area contributed by atoms with Crippen molar-refractivity contribution in [2.45, 2.75) is 45.4 Å². The molecule has 0 aromatic heterocycles. The summed E-state index contributed by atoms with van der Waals surface area (Å²) >= 11 is 0. The fourth-order valence-corrected chi connectivity index (χ4v) is 2.25. The van der Waals surface area contributed by atoms with E-state index in [4.69, 9.17) is 4.74 Å². The summed E-state index contributed by atoms with van der Waals surface area (Å²) in [6.07, 6.45) is 7.47. The minimum absolute atomic E-state index is 0.846. The molecule has 1 aliphatic rings. The summed E-state index contributed by atoms with van der Waals surface area (Å²) in [5.74, 6) is 1.01. The molecule has 1 heterocycles. The van der Waals surface area contributed by atoms with Crippen LogP contribution in [0.25, 0.3) is 0 Å². The van der Waals surface area contributed by atoms with Gasteiger partial charge in [0.2, 0.25) is 0 Å². The number of benzene rings is 1. The van der Waals surface area contributed by atoms with E-state index < -0.39 is 0 Å². The molecule has 2 nitrogen and oxygen atoms in total. The van der Waals surface area contributed by atoms with Gasteiger partial charge in [0.05, 0.1) is 6.61 Å². The fourth-order valence-electron chi connectivity index (χ4n) is 2.25. The average Bonchev–Trinajstić information content (AvgIpc) is 2.38. The zero-order chi connectivity index (χ0) is 11.9. The number of nitrogens with one attached hydrogen (secondary N) is 1. The van der Waals surface area contributed by atoms with E-state index in [0.717, 1.165) is 18.9 Å². The van der Waals surface area contributed by atoms with E-state index in [1.165, 1.54) is 49.8 Å². The van der Waals surface area contributed by atoms with E-state index in [2.05, 4.69) is 30.4 Å².